The minimum atomic E-state index is -0.284. The first kappa shape index (κ1) is 14.3. The number of nitrogens with two attached hydrogens (primary N) is 1. The Balaban J connectivity index is 1.78. The summed E-state index contributed by atoms with van der Waals surface area (Å²) in [6, 6.07) is 0.0931. The number of carbonyl (C=O) groups excluding carboxylic acids is 2. The largest absolute Gasteiger partial charge is 0.368 e. The van der Waals surface area contributed by atoms with Gasteiger partial charge in [-0.25, -0.2) is 0 Å². The molecule has 1 aliphatic heterocycles. The third-order valence-corrected chi connectivity index (χ3v) is 4.16. The van der Waals surface area contributed by atoms with Crippen molar-refractivity contribution in [2.24, 2.45) is 5.73 Å². The summed E-state index contributed by atoms with van der Waals surface area (Å²) in [4.78, 5) is 27.4. The Kier molecular flexibility index (Phi) is 4.42. The molecule has 1 aliphatic carbocycles. The number of hydrogen-bond acceptors (Lipinski definition) is 4. The molecule has 6 heteroatoms. The Labute approximate surface area is 114 Å². The fourth-order valence-electron chi connectivity index (χ4n) is 2.41. The average Bonchev–Trinajstić information content (AvgIpc) is 3.21. The highest BCUT2D eigenvalue weighted by Crippen LogP contribution is 2.19. The van der Waals surface area contributed by atoms with Crippen LogP contribution in [0.2, 0.25) is 0 Å². The van der Waals surface area contributed by atoms with Crippen molar-refractivity contribution in [1.82, 2.24) is 15.1 Å². The van der Waals surface area contributed by atoms with Gasteiger partial charge in [0.15, 0.2) is 0 Å². The van der Waals surface area contributed by atoms with Gasteiger partial charge in [-0.05, 0) is 26.7 Å². The summed E-state index contributed by atoms with van der Waals surface area (Å²) < 4.78 is 0. The van der Waals surface area contributed by atoms with Gasteiger partial charge < -0.3 is 11.1 Å². The number of rotatable bonds is 5. The maximum Gasteiger partial charge on any atom is 0.237 e. The van der Waals surface area contributed by atoms with Crippen molar-refractivity contribution in [1.29, 1.82) is 0 Å². The molecule has 0 aromatic rings. The minimum absolute atomic E-state index is 0.0911. The smallest absolute Gasteiger partial charge is 0.237 e. The second-order valence-electron chi connectivity index (χ2n) is 5.61. The molecule has 0 aromatic carbocycles. The third-order valence-electron chi connectivity index (χ3n) is 4.16. The molecule has 6 nitrogen and oxygen atoms in total. The van der Waals surface area contributed by atoms with E-state index in [2.05, 4.69) is 15.1 Å². The molecule has 0 aromatic heterocycles. The van der Waals surface area contributed by atoms with E-state index in [9.17, 15) is 9.59 Å². The van der Waals surface area contributed by atoms with E-state index in [1.165, 1.54) is 0 Å². The van der Waals surface area contributed by atoms with E-state index >= 15 is 0 Å². The van der Waals surface area contributed by atoms with Gasteiger partial charge in [0.25, 0.3) is 0 Å². The van der Waals surface area contributed by atoms with Crippen molar-refractivity contribution in [3.63, 3.8) is 0 Å². The Morgan fingerprint density at radius 1 is 1.05 bits per heavy atom. The standard InChI is InChI=1S/C13H24N4O2/c1-9(12(14)18)16-5-7-17(8-6-16)10(2)13(19)15-11-3-4-11/h9-11H,3-8H2,1-2H3,(H2,14,18)(H,15,19)/t9-,10-/m1/s1. The van der Waals surface area contributed by atoms with Crippen molar-refractivity contribution in [2.75, 3.05) is 26.2 Å². The number of nitrogens with zero attached hydrogens (tertiary/aromatic N) is 2. The number of amides is 2. The molecule has 1 heterocycles. The summed E-state index contributed by atoms with van der Waals surface area (Å²) >= 11 is 0. The summed E-state index contributed by atoms with van der Waals surface area (Å²) in [7, 11) is 0. The van der Waals surface area contributed by atoms with Crippen molar-refractivity contribution in [2.45, 2.75) is 44.8 Å². The van der Waals surface area contributed by atoms with Gasteiger partial charge in [-0.15, -0.1) is 0 Å². The SMILES string of the molecule is C[C@H](C(N)=O)N1CCN([C@H](C)C(=O)NC2CC2)CC1. The molecule has 0 bridgehead atoms. The number of primary amides is 1. The van der Waals surface area contributed by atoms with Crippen molar-refractivity contribution in [3.05, 3.63) is 0 Å². The van der Waals surface area contributed by atoms with E-state index in [1.807, 2.05) is 13.8 Å². The predicted molar refractivity (Wildman–Crippen MR) is 72.4 cm³/mol. The number of nitrogens with one attached hydrogen (secondary N) is 1. The van der Waals surface area contributed by atoms with E-state index in [0.717, 1.165) is 39.0 Å². The van der Waals surface area contributed by atoms with Gasteiger partial charge >= 0.3 is 0 Å². The lowest BCUT2D eigenvalue weighted by molar-refractivity contribution is -0.128. The monoisotopic (exact) mass is 268 g/mol. The van der Waals surface area contributed by atoms with E-state index in [0.29, 0.717) is 6.04 Å². The van der Waals surface area contributed by atoms with Crippen molar-refractivity contribution < 1.29 is 9.59 Å². The molecule has 2 fully saturated rings. The maximum atomic E-state index is 12.0. The van der Waals surface area contributed by atoms with Crippen LogP contribution in [0.5, 0.6) is 0 Å². The fourth-order valence-corrected chi connectivity index (χ4v) is 2.41. The van der Waals surface area contributed by atoms with Gasteiger partial charge in [0, 0.05) is 32.2 Å². The molecule has 2 amide bonds. The van der Waals surface area contributed by atoms with Crippen LogP contribution >= 0.6 is 0 Å². The summed E-state index contributed by atoms with van der Waals surface area (Å²) in [5, 5.41) is 3.03. The molecule has 19 heavy (non-hydrogen) atoms. The number of carbonyl (C=O) groups is 2. The van der Waals surface area contributed by atoms with Crippen LogP contribution in [0.25, 0.3) is 0 Å². The quantitative estimate of drug-likeness (QED) is 0.680. The van der Waals surface area contributed by atoms with Gasteiger partial charge in [-0.1, -0.05) is 0 Å². The summed E-state index contributed by atoms with van der Waals surface area (Å²) in [5.74, 6) is -0.160. The average molecular weight is 268 g/mol. The molecule has 1 saturated heterocycles. The Morgan fingerprint density at radius 2 is 1.53 bits per heavy atom. The topological polar surface area (TPSA) is 78.7 Å². The molecule has 0 unspecified atom stereocenters. The molecule has 2 aliphatic rings. The Hall–Kier alpha value is -1.14. The van der Waals surface area contributed by atoms with Crippen LogP contribution in [0, 0.1) is 0 Å². The molecule has 3 N–H and O–H groups in total. The summed E-state index contributed by atoms with van der Waals surface area (Å²) in [6.45, 7) is 6.95. The van der Waals surface area contributed by atoms with E-state index < -0.39 is 0 Å². The third kappa shape index (κ3) is 3.67. The molecule has 2 atom stereocenters. The van der Waals surface area contributed by atoms with Crippen LogP contribution in [-0.2, 0) is 9.59 Å². The molecule has 0 radical (unpaired) electrons. The van der Waals surface area contributed by atoms with Gasteiger partial charge in [0.1, 0.15) is 0 Å². The Morgan fingerprint density at radius 3 is 1.95 bits per heavy atom. The lowest BCUT2D eigenvalue weighted by Gasteiger charge is -2.39. The van der Waals surface area contributed by atoms with Crippen molar-refractivity contribution in [3.8, 4) is 0 Å². The predicted octanol–water partition coefficient (Wildman–Crippen LogP) is -0.855. The summed E-state index contributed by atoms with van der Waals surface area (Å²) in [5.41, 5.74) is 5.31. The number of hydrogen-bond donors (Lipinski definition) is 2. The van der Waals surface area contributed by atoms with Gasteiger partial charge in [0.05, 0.1) is 12.1 Å². The van der Waals surface area contributed by atoms with Crippen LogP contribution in [0.3, 0.4) is 0 Å². The Bertz CT molecular complexity index is 349. The molecular weight excluding hydrogens is 244 g/mol. The van der Waals surface area contributed by atoms with E-state index in [4.69, 9.17) is 5.73 Å². The highest BCUT2D eigenvalue weighted by Gasteiger charge is 2.31. The van der Waals surface area contributed by atoms with Crippen LogP contribution in [0.4, 0.5) is 0 Å². The first-order valence-electron chi connectivity index (χ1n) is 7.07. The van der Waals surface area contributed by atoms with Crippen LogP contribution in [0.1, 0.15) is 26.7 Å². The zero-order chi connectivity index (χ0) is 14.0. The number of piperazine rings is 1. The second-order valence-corrected chi connectivity index (χ2v) is 5.61. The highest BCUT2D eigenvalue weighted by molar-refractivity contribution is 5.82. The van der Waals surface area contributed by atoms with Crippen LogP contribution < -0.4 is 11.1 Å². The second kappa shape index (κ2) is 5.88. The molecular formula is C13H24N4O2. The van der Waals surface area contributed by atoms with Crippen molar-refractivity contribution >= 4 is 11.8 Å². The van der Waals surface area contributed by atoms with E-state index in [1.54, 1.807) is 0 Å². The minimum Gasteiger partial charge on any atom is -0.368 e. The lowest BCUT2D eigenvalue weighted by Crippen LogP contribution is -2.57. The van der Waals surface area contributed by atoms with Crippen LogP contribution in [0.15, 0.2) is 0 Å². The first-order chi connectivity index (χ1) is 8.99. The zero-order valence-electron chi connectivity index (χ0n) is 11.8. The molecule has 108 valence electrons. The maximum absolute atomic E-state index is 12.0. The highest BCUT2D eigenvalue weighted by atomic mass is 16.2. The van der Waals surface area contributed by atoms with Gasteiger partial charge in [0.2, 0.25) is 11.8 Å². The summed E-state index contributed by atoms with van der Waals surface area (Å²) in [6.07, 6.45) is 2.23. The molecule has 0 spiro atoms. The zero-order valence-corrected chi connectivity index (χ0v) is 11.8. The molecule has 1 saturated carbocycles. The van der Waals surface area contributed by atoms with E-state index in [-0.39, 0.29) is 23.9 Å². The lowest BCUT2D eigenvalue weighted by atomic mass is 10.1. The molecule has 2 rings (SSSR count). The fraction of sp³-hybridized carbons (Fsp3) is 0.846. The van der Waals surface area contributed by atoms with Gasteiger partial charge in [-0.3, -0.25) is 19.4 Å². The van der Waals surface area contributed by atoms with Gasteiger partial charge in [-0.2, -0.15) is 0 Å². The van der Waals surface area contributed by atoms with Crippen LogP contribution in [-0.4, -0.2) is 65.9 Å². The normalized spacial score (nSPS) is 24.7. The first-order valence-corrected chi connectivity index (χ1v) is 7.07.